The van der Waals surface area contributed by atoms with Gasteiger partial charge in [0.2, 0.25) is 0 Å². The summed E-state index contributed by atoms with van der Waals surface area (Å²) in [5, 5.41) is 11.3. The average Bonchev–Trinajstić information content (AvgIpc) is 3.39. The van der Waals surface area contributed by atoms with Crippen LogP contribution in [0, 0.1) is 11.8 Å². The highest BCUT2D eigenvalue weighted by Gasteiger charge is 2.44. The summed E-state index contributed by atoms with van der Waals surface area (Å²) >= 11 is 0. The molecule has 0 amide bonds. The molecule has 39 heavy (non-hydrogen) atoms. The highest BCUT2D eigenvalue weighted by Crippen LogP contribution is 2.39. The number of piperidine rings is 1. The molecule has 2 aromatic rings. The fraction of sp³-hybridized carbons (Fsp3) is 0.618. The molecular weight excluding hydrogens is 484 g/mol. The van der Waals surface area contributed by atoms with Crippen LogP contribution in [-0.4, -0.2) is 72.4 Å². The third-order valence-electron chi connectivity index (χ3n) is 9.86. The Bertz CT molecular complexity index is 1020. The third-order valence-corrected chi connectivity index (χ3v) is 9.86. The van der Waals surface area contributed by atoms with Crippen molar-refractivity contribution in [2.24, 2.45) is 11.8 Å². The van der Waals surface area contributed by atoms with E-state index in [1.165, 1.54) is 30.4 Å². The van der Waals surface area contributed by atoms with E-state index >= 15 is 0 Å². The first kappa shape index (κ1) is 28.3. The summed E-state index contributed by atoms with van der Waals surface area (Å²) in [6.07, 6.45) is 10.6. The molecule has 0 bridgehead atoms. The maximum Gasteiger partial charge on any atom is 0.323 e. The number of nitrogens with zero attached hydrogens (tertiary/aromatic N) is 2. The van der Waals surface area contributed by atoms with Gasteiger partial charge in [0.05, 0.1) is 12.7 Å². The minimum Gasteiger partial charge on any atom is -0.468 e. The second-order valence-corrected chi connectivity index (χ2v) is 12.5. The molecule has 212 valence electrons. The lowest BCUT2D eigenvalue weighted by molar-refractivity contribution is -0.149. The fourth-order valence-electron chi connectivity index (χ4n) is 7.60. The normalized spacial score (nSPS) is 25.4. The van der Waals surface area contributed by atoms with Gasteiger partial charge in [-0.05, 0) is 67.9 Å². The van der Waals surface area contributed by atoms with E-state index in [1.807, 2.05) is 0 Å². The zero-order valence-electron chi connectivity index (χ0n) is 23.8. The number of hydrogen-bond acceptors (Lipinski definition) is 5. The number of ether oxygens (including phenoxy) is 1. The van der Waals surface area contributed by atoms with Crippen LogP contribution >= 0.6 is 0 Å². The van der Waals surface area contributed by atoms with Crippen LogP contribution in [0.4, 0.5) is 0 Å². The Morgan fingerprint density at radius 2 is 1.64 bits per heavy atom. The van der Waals surface area contributed by atoms with Gasteiger partial charge in [0.1, 0.15) is 6.04 Å². The van der Waals surface area contributed by atoms with Crippen LogP contribution in [0.3, 0.4) is 0 Å². The molecule has 1 N–H and O–H groups in total. The van der Waals surface area contributed by atoms with Crippen LogP contribution < -0.4 is 0 Å². The van der Waals surface area contributed by atoms with E-state index in [-0.39, 0.29) is 12.0 Å². The second kappa shape index (κ2) is 13.4. The SMILES string of the molecule is COC(=O)[C@H](C1CCCCC1)N1C[C@H](CN2CCC(O)(CCCc3ccccc3)CC2)[C@@H](c2ccccc2)C1. The molecule has 0 radical (unpaired) electrons. The molecule has 2 heterocycles. The topological polar surface area (TPSA) is 53.0 Å². The Kier molecular flexibility index (Phi) is 9.75. The van der Waals surface area contributed by atoms with Gasteiger partial charge in [-0.15, -0.1) is 0 Å². The van der Waals surface area contributed by atoms with Crippen molar-refractivity contribution >= 4 is 5.97 Å². The van der Waals surface area contributed by atoms with Gasteiger partial charge in [-0.1, -0.05) is 79.9 Å². The summed E-state index contributed by atoms with van der Waals surface area (Å²) in [5.41, 5.74) is 2.20. The first-order chi connectivity index (χ1) is 19.0. The number of carbonyl (C=O) groups is 1. The zero-order chi connectivity index (χ0) is 27.1. The summed E-state index contributed by atoms with van der Waals surface area (Å²) in [6.45, 7) is 4.77. The molecule has 3 fully saturated rings. The lowest BCUT2D eigenvalue weighted by Gasteiger charge is -2.40. The van der Waals surface area contributed by atoms with E-state index in [0.29, 0.717) is 17.8 Å². The molecule has 5 heteroatoms. The van der Waals surface area contributed by atoms with Crippen molar-refractivity contribution in [2.75, 3.05) is 39.8 Å². The summed E-state index contributed by atoms with van der Waals surface area (Å²) in [7, 11) is 1.55. The quantitative estimate of drug-likeness (QED) is 0.400. The van der Waals surface area contributed by atoms with Crippen molar-refractivity contribution in [3.8, 4) is 0 Å². The van der Waals surface area contributed by atoms with Crippen LogP contribution in [0.15, 0.2) is 60.7 Å². The Labute approximate surface area is 235 Å². The molecule has 2 aromatic carbocycles. The molecule has 1 aliphatic carbocycles. The van der Waals surface area contributed by atoms with Crippen molar-refractivity contribution < 1.29 is 14.6 Å². The van der Waals surface area contributed by atoms with Crippen molar-refractivity contribution in [3.05, 3.63) is 71.8 Å². The maximum atomic E-state index is 13.1. The van der Waals surface area contributed by atoms with Gasteiger partial charge in [0.15, 0.2) is 0 Å². The molecule has 3 aliphatic rings. The Balaban J connectivity index is 1.21. The molecule has 1 saturated carbocycles. The van der Waals surface area contributed by atoms with E-state index in [2.05, 4.69) is 70.5 Å². The predicted octanol–water partition coefficient (Wildman–Crippen LogP) is 5.67. The summed E-state index contributed by atoms with van der Waals surface area (Å²) in [6, 6.07) is 21.4. The van der Waals surface area contributed by atoms with E-state index in [0.717, 1.165) is 77.7 Å². The molecular formula is C34H48N2O3. The predicted molar refractivity (Wildman–Crippen MR) is 157 cm³/mol. The number of likely N-dealkylation sites (tertiary alicyclic amines) is 2. The van der Waals surface area contributed by atoms with Crippen molar-refractivity contribution in [1.29, 1.82) is 0 Å². The van der Waals surface area contributed by atoms with E-state index in [1.54, 1.807) is 7.11 Å². The monoisotopic (exact) mass is 532 g/mol. The Morgan fingerprint density at radius 3 is 2.31 bits per heavy atom. The van der Waals surface area contributed by atoms with Gasteiger partial charge < -0.3 is 14.7 Å². The fourth-order valence-corrected chi connectivity index (χ4v) is 7.60. The van der Waals surface area contributed by atoms with Crippen molar-refractivity contribution in [3.63, 3.8) is 0 Å². The Morgan fingerprint density at radius 1 is 0.974 bits per heavy atom. The van der Waals surface area contributed by atoms with Gasteiger partial charge in [-0.2, -0.15) is 0 Å². The summed E-state index contributed by atoms with van der Waals surface area (Å²) < 4.78 is 5.37. The van der Waals surface area contributed by atoms with Gasteiger partial charge in [-0.25, -0.2) is 0 Å². The van der Waals surface area contributed by atoms with Gasteiger partial charge in [0.25, 0.3) is 0 Å². The smallest absolute Gasteiger partial charge is 0.323 e. The number of aliphatic hydroxyl groups is 1. The first-order valence-electron chi connectivity index (χ1n) is 15.4. The zero-order valence-corrected chi connectivity index (χ0v) is 23.8. The highest BCUT2D eigenvalue weighted by molar-refractivity contribution is 5.76. The number of rotatable bonds is 10. The maximum absolute atomic E-state index is 13.1. The van der Waals surface area contributed by atoms with Crippen LogP contribution in [-0.2, 0) is 16.0 Å². The van der Waals surface area contributed by atoms with E-state index < -0.39 is 5.60 Å². The van der Waals surface area contributed by atoms with Gasteiger partial charge in [-0.3, -0.25) is 9.69 Å². The third kappa shape index (κ3) is 7.31. The highest BCUT2D eigenvalue weighted by atomic mass is 16.5. The van der Waals surface area contributed by atoms with Crippen LogP contribution in [0.2, 0.25) is 0 Å². The second-order valence-electron chi connectivity index (χ2n) is 12.5. The molecule has 5 rings (SSSR count). The number of carbonyl (C=O) groups excluding carboxylic acids is 1. The Hall–Kier alpha value is -2.21. The number of aryl methyl sites for hydroxylation is 1. The largest absolute Gasteiger partial charge is 0.468 e. The lowest BCUT2D eigenvalue weighted by atomic mass is 9.83. The van der Waals surface area contributed by atoms with Crippen LogP contribution in [0.25, 0.3) is 0 Å². The molecule has 3 atom stereocenters. The van der Waals surface area contributed by atoms with Crippen molar-refractivity contribution in [1.82, 2.24) is 9.80 Å². The van der Waals surface area contributed by atoms with E-state index in [9.17, 15) is 9.90 Å². The number of methoxy groups -OCH3 is 1. The van der Waals surface area contributed by atoms with Gasteiger partial charge in [0, 0.05) is 38.6 Å². The molecule has 5 nitrogen and oxygen atoms in total. The minimum absolute atomic E-state index is 0.0482. The molecule has 0 spiro atoms. The summed E-state index contributed by atoms with van der Waals surface area (Å²) in [4.78, 5) is 18.1. The number of esters is 1. The van der Waals surface area contributed by atoms with Crippen molar-refractivity contribution in [2.45, 2.75) is 81.8 Å². The molecule has 0 unspecified atom stereocenters. The molecule has 2 saturated heterocycles. The van der Waals surface area contributed by atoms with E-state index in [4.69, 9.17) is 4.74 Å². The minimum atomic E-state index is -0.539. The number of benzene rings is 2. The number of hydrogen-bond donors (Lipinski definition) is 1. The lowest BCUT2D eigenvalue weighted by Crippen LogP contribution is -2.48. The van der Waals surface area contributed by atoms with Gasteiger partial charge >= 0.3 is 5.97 Å². The molecule has 0 aromatic heterocycles. The van der Waals surface area contributed by atoms with Crippen LogP contribution in [0.1, 0.15) is 74.8 Å². The summed E-state index contributed by atoms with van der Waals surface area (Å²) in [5.74, 6) is 1.23. The average molecular weight is 533 g/mol. The first-order valence-corrected chi connectivity index (χ1v) is 15.4. The molecule has 2 aliphatic heterocycles. The standard InChI is InChI=1S/C34H48N2O3/c1-39-33(37)32(29-17-9-4-10-18-29)36-25-30(31(26-36)28-15-7-3-8-16-28)24-35-22-20-34(38,21-23-35)19-11-14-27-12-5-2-6-13-27/h2-3,5-8,12-13,15-16,29-32,38H,4,9-11,14,17-26H2,1H3/t30-,31+,32-/m0/s1. The van der Waals surface area contributed by atoms with Crippen LogP contribution in [0.5, 0.6) is 0 Å².